The molecule has 0 radical (unpaired) electrons. The zero-order chi connectivity index (χ0) is 13.2. The number of aldehydes is 1. The van der Waals surface area contributed by atoms with Crippen LogP contribution in [0.15, 0.2) is 42.5 Å². The summed E-state index contributed by atoms with van der Waals surface area (Å²) in [5.74, 6) is 1.36. The lowest BCUT2D eigenvalue weighted by molar-refractivity contribution is -0.108. The maximum absolute atomic E-state index is 11.4. The Morgan fingerprint density at radius 2 is 1.89 bits per heavy atom. The van der Waals surface area contributed by atoms with Gasteiger partial charge in [-0.2, -0.15) is 0 Å². The molecule has 1 aliphatic rings. The Hall–Kier alpha value is -1.61. The number of rotatable bonds is 3. The van der Waals surface area contributed by atoms with Gasteiger partial charge >= 0.3 is 0 Å². The molecule has 2 aromatic rings. The Morgan fingerprint density at radius 1 is 1.11 bits per heavy atom. The van der Waals surface area contributed by atoms with E-state index in [2.05, 4.69) is 22.0 Å². The van der Waals surface area contributed by atoms with Crippen LogP contribution < -0.4 is 4.74 Å². The molecular weight excluding hydrogens is 304 g/mol. The Morgan fingerprint density at radius 3 is 2.68 bits per heavy atom. The van der Waals surface area contributed by atoms with E-state index >= 15 is 0 Å². The second-order valence-corrected chi connectivity index (χ2v) is 5.36. The standard InChI is InChI=1S/C16H13BrO2/c17-8-7-11-5-6-13-14(10-18)12-3-1-2-4-15(12)19-16(13)9-11/h1-6,9-10,14H,7-8H2. The molecular formula is C16H13BrO2. The first-order chi connectivity index (χ1) is 9.33. The van der Waals surface area contributed by atoms with Crippen LogP contribution in [0, 0.1) is 0 Å². The molecule has 96 valence electrons. The maximum atomic E-state index is 11.4. The van der Waals surface area contributed by atoms with E-state index in [1.165, 1.54) is 5.56 Å². The third kappa shape index (κ3) is 2.19. The van der Waals surface area contributed by atoms with Crippen LogP contribution in [0.4, 0.5) is 0 Å². The summed E-state index contributed by atoms with van der Waals surface area (Å²) in [4.78, 5) is 11.4. The summed E-state index contributed by atoms with van der Waals surface area (Å²) < 4.78 is 5.92. The molecule has 0 spiro atoms. The van der Waals surface area contributed by atoms with E-state index in [0.717, 1.165) is 40.7 Å². The number of hydrogen-bond donors (Lipinski definition) is 0. The maximum Gasteiger partial charge on any atom is 0.132 e. The number of halogens is 1. The number of carbonyl (C=O) groups excluding carboxylic acids is 1. The Bertz CT molecular complexity index is 622. The quantitative estimate of drug-likeness (QED) is 0.630. The van der Waals surface area contributed by atoms with E-state index in [4.69, 9.17) is 4.74 Å². The van der Waals surface area contributed by atoms with Crippen LogP contribution in [0.5, 0.6) is 11.5 Å². The number of carbonyl (C=O) groups is 1. The van der Waals surface area contributed by atoms with Crippen LogP contribution >= 0.6 is 15.9 Å². The first-order valence-corrected chi connectivity index (χ1v) is 7.36. The Balaban J connectivity index is 2.09. The molecule has 3 rings (SSSR count). The number of fused-ring (bicyclic) bond motifs is 2. The molecule has 2 aromatic carbocycles. The lowest BCUT2D eigenvalue weighted by Gasteiger charge is -2.25. The van der Waals surface area contributed by atoms with Crippen LogP contribution in [0.1, 0.15) is 22.6 Å². The molecule has 0 bridgehead atoms. The van der Waals surface area contributed by atoms with E-state index in [-0.39, 0.29) is 5.92 Å². The molecule has 19 heavy (non-hydrogen) atoms. The molecule has 0 amide bonds. The summed E-state index contributed by atoms with van der Waals surface area (Å²) in [6, 6.07) is 13.8. The molecule has 0 saturated heterocycles. The predicted molar refractivity (Wildman–Crippen MR) is 78.4 cm³/mol. The zero-order valence-corrected chi connectivity index (χ0v) is 11.9. The first-order valence-electron chi connectivity index (χ1n) is 6.24. The lowest BCUT2D eigenvalue weighted by Crippen LogP contribution is -2.11. The van der Waals surface area contributed by atoms with E-state index in [1.807, 2.05) is 36.4 Å². The van der Waals surface area contributed by atoms with Crippen LogP contribution in [-0.2, 0) is 11.2 Å². The van der Waals surface area contributed by atoms with Crippen LogP contribution in [-0.4, -0.2) is 11.6 Å². The average molecular weight is 317 g/mol. The van der Waals surface area contributed by atoms with Gasteiger partial charge in [-0.25, -0.2) is 0 Å². The van der Waals surface area contributed by atoms with Gasteiger partial charge < -0.3 is 9.53 Å². The molecule has 0 N–H and O–H groups in total. The van der Waals surface area contributed by atoms with Crippen LogP contribution in [0.25, 0.3) is 0 Å². The molecule has 1 unspecified atom stereocenters. The second kappa shape index (κ2) is 5.17. The van der Waals surface area contributed by atoms with Gasteiger partial charge in [0.2, 0.25) is 0 Å². The monoisotopic (exact) mass is 316 g/mol. The Labute approximate surface area is 120 Å². The highest BCUT2D eigenvalue weighted by Gasteiger charge is 2.26. The normalized spacial score (nSPS) is 16.2. The van der Waals surface area contributed by atoms with E-state index < -0.39 is 0 Å². The van der Waals surface area contributed by atoms with Crippen molar-refractivity contribution in [2.75, 3.05) is 5.33 Å². The fraction of sp³-hybridized carbons (Fsp3) is 0.188. The van der Waals surface area contributed by atoms with Gasteiger partial charge in [-0.3, -0.25) is 0 Å². The van der Waals surface area contributed by atoms with E-state index in [1.54, 1.807) is 0 Å². The molecule has 1 heterocycles. The molecule has 3 heteroatoms. The van der Waals surface area contributed by atoms with Crippen molar-refractivity contribution < 1.29 is 9.53 Å². The van der Waals surface area contributed by atoms with Gasteiger partial charge in [0.25, 0.3) is 0 Å². The van der Waals surface area contributed by atoms with Crippen molar-refractivity contribution in [3.8, 4) is 11.5 Å². The molecule has 0 saturated carbocycles. The van der Waals surface area contributed by atoms with Crippen molar-refractivity contribution in [2.45, 2.75) is 12.3 Å². The third-order valence-electron chi connectivity index (χ3n) is 3.41. The molecule has 1 atom stereocenters. The van der Waals surface area contributed by atoms with Crippen molar-refractivity contribution in [1.82, 2.24) is 0 Å². The van der Waals surface area contributed by atoms with Gasteiger partial charge in [-0.05, 0) is 24.1 Å². The van der Waals surface area contributed by atoms with Gasteiger partial charge in [0.05, 0.1) is 5.92 Å². The topological polar surface area (TPSA) is 26.3 Å². The summed E-state index contributed by atoms with van der Waals surface area (Å²) in [6.07, 6.45) is 1.94. The van der Waals surface area contributed by atoms with E-state index in [9.17, 15) is 4.79 Å². The summed E-state index contributed by atoms with van der Waals surface area (Å²) in [7, 11) is 0. The van der Waals surface area contributed by atoms with Crippen LogP contribution in [0.2, 0.25) is 0 Å². The van der Waals surface area contributed by atoms with Crippen molar-refractivity contribution in [2.24, 2.45) is 0 Å². The van der Waals surface area contributed by atoms with Crippen molar-refractivity contribution in [3.05, 3.63) is 59.2 Å². The minimum absolute atomic E-state index is 0.224. The number of benzene rings is 2. The van der Waals surface area contributed by atoms with Gasteiger partial charge in [0.15, 0.2) is 0 Å². The summed E-state index contributed by atoms with van der Waals surface area (Å²) >= 11 is 3.44. The number of ether oxygens (including phenoxy) is 1. The smallest absolute Gasteiger partial charge is 0.132 e. The van der Waals surface area contributed by atoms with Gasteiger partial charge in [-0.15, -0.1) is 0 Å². The number of hydrogen-bond acceptors (Lipinski definition) is 2. The third-order valence-corrected chi connectivity index (χ3v) is 3.80. The molecule has 0 aliphatic carbocycles. The fourth-order valence-corrected chi connectivity index (χ4v) is 2.91. The average Bonchev–Trinajstić information content (AvgIpc) is 2.45. The fourth-order valence-electron chi connectivity index (χ4n) is 2.45. The predicted octanol–water partition coefficient (Wildman–Crippen LogP) is 4.06. The largest absolute Gasteiger partial charge is 0.457 e. The number of para-hydroxylation sites is 1. The van der Waals surface area contributed by atoms with Crippen LogP contribution in [0.3, 0.4) is 0 Å². The minimum Gasteiger partial charge on any atom is -0.457 e. The first kappa shape index (κ1) is 12.4. The highest BCUT2D eigenvalue weighted by atomic mass is 79.9. The highest BCUT2D eigenvalue weighted by Crippen LogP contribution is 2.43. The molecule has 2 nitrogen and oxygen atoms in total. The zero-order valence-electron chi connectivity index (χ0n) is 10.3. The van der Waals surface area contributed by atoms with Crippen molar-refractivity contribution in [1.29, 1.82) is 0 Å². The van der Waals surface area contributed by atoms with Gasteiger partial charge in [-0.1, -0.05) is 46.3 Å². The van der Waals surface area contributed by atoms with Crippen molar-refractivity contribution >= 4 is 22.2 Å². The van der Waals surface area contributed by atoms with Crippen molar-refractivity contribution in [3.63, 3.8) is 0 Å². The number of aryl methyl sites for hydroxylation is 1. The highest BCUT2D eigenvalue weighted by molar-refractivity contribution is 9.09. The summed E-state index contributed by atoms with van der Waals surface area (Å²) in [6.45, 7) is 0. The van der Waals surface area contributed by atoms with E-state index in [0.29, 0.717) is 0 Å². The Kier molecular flexibility index (Phi) is 3.38. The lowest BCUT2D eigenvalue weighted by atomic mass is 9.88. The summed E-state index contributed by atoms with van der Waals surface area (Å²) in [5, 5.41) is 0.916. The minimum atomic E-state index is -0.224. The van der Waals surface area contributed by atoms with Gasteiger partial charge in [0.1, 0.15) is 17.8 Å². The SMILES string of the molecule is O=CC1c2ccccc2Oc2cc(CCBr)ccc21. The number of alkyl halides is 1. The molecule has 0 fully saturated rings. The summed E-state index contributed by atoms with van der Waals surface area (Å²) in [5.41, 5.74) is 3.10. The second-order valence-electron chi connectivity index (χ2n) is 4.56. The molecule has 0 aromatic heterocycles. The molecule has 1 aliphatic heterocycles. The van der Waals surface area contributed by atoms with Gasteiger partial charge in [0, 0.05) is 16.5 Å².